The van der Waals surface area contributed by atoms with Crippen molar-refractivity contribution in [3.63, 3.8) is 0 Å². The number of nitrogens with zero attached hydrogens (tertiary/aromatic N) is 1. The predicted molar refractivity (Wildman–Crippen MR) is 64.2 cm³/mol. The Morgan fingerprint density at radius 2 is 2.12 bits per heavy atom. The minimum absolute atomic E-state index is 0.454. The van der Waals surface area contributed by atoms with Gasteiger partial charge in [-0.05, 0) is 43.7 Å². The smallest absolute Gasteiger partial charge is 0.125 e. The summed E-state index contributed by atoms with van der Waals surface area (Å²) in [6.45, 7) is 1.09. The molecule has 1 aromatic rings. The Kier molecular flexibility index (Phi) is 3.91. The number of aldehydes is 1. The van der Waals surface area contributed by atoms with Crippen LogP contribution in [0.2, 0.25) is 0 Å². The molecule has 2 fully saturated rings. The molecule has 2 saturated carbocycles. The number of hydrogen-bond donors (Lipinski definition) is 1. The van der Waals surface area contributed by atoms with Crippen LogP contribution in [0.4, 0.5) is 5.82 Å². The number of nitrogens with one attached hydrogen (secondary N) is 1. The van der Waals surface area contributed by atoms with E-state index in [1.54, 1.807) is 0 Å². The largest absolute Gasteiger partial charge is 0.370 e. The maximum atomic E-state index is 9.57. The Labute approximate surface area is 96.3 Å². The van der Waals surface area contributed by atoms with Crippen molar-refractivity contribution in [2.24, 2.45) is 11.8 Å². The van der Waals surface area contributed by atoms with Gasteiger partial charge in [0.15, 0.2) is 0 Å². The first kappa shape index (κ1) is 11.1. The lowest BCUT2D eigenvalue weighted by Gasteiger charge is -2.01. The van der Waals surface area contributed by atoms with Gasteiger partial charge in [0.1, 0.15) is 12.1 Å². The van der Waals surface area contributed by atoms with Crippen molar-refractivity contribution >= 4 is 12.1 Å². The summed E-state index contributed by atoms with van der Waals surface area (Å²) in [7, 11) is 0. The normalized spacial score (nSPS) is 18.2. The van der Waals surface area contributed by atoms with Gasteiger partial charge in [0.2, 0.25) is 0 Å². The van der Waals surface area contributed by atoms with Crippen LogP contribution in [0, 0.1) is 11.8 Å². The van der Waals surface area contributed by atoms with E-state index in [0.29, 0.717) is 5.92 Å². The van der Waals surface area contributed by atoms with Crippen LogP contribution >= 0.6 is 0 Å². The first-order valence-electron chi connectivity index (χ1n) is 5.98. The fourth-order valence-electron chi connectivity index (χ4n) is 1.27. The minimum atomic E-state index is 0.454. The maximum Gasteiger partial charge on any atom is 0.125 e. The highest BCUT2D eigenvalue weighted by Gasteiger charge is 2.20. The second-order valence-electron chi connectivity index (χ2n) is 4.51. The maximum absolute atomic E-state index is 9.57. The number of rotatable bonds is 4. The molecule has 1 aromatic heterocycles. The van der Waals surface area contributed by atoms with Gasteiger partial charge in [-0.15, -0.1) is 0 Å². The Morgan fingerprint density at radius 3 is 2.56 bits per heavy atom. The number of pyridine rings is 1. The number of anilines is 1. The molecule has 0 spiro atoms. The summed E-state index contributed by atoms with van der Waals surface area (Å²) in [6, 6.07) is 5.94. The van der Waals surface area contributed by atoms with Crippen molar-refractivity contribution in [2.75, 3.05) is 11.9 Å². The highest BCUT2D eigenvalue weighted by atomic mass is 16.1. The van der Waals surface area contributed by atoms with E-state index >= 15 is 0 Å². The predicted octanol–water partition coefficient (Wildman–Crippen LogP) is 2.50. The summed E-state index contributed by atoms with van der Waals surface area (Å²) in [5, 5.41) is 3.30. The zero-order valence-electron chi connectivity index (χ0n) is 9.43. The second kappa shape index (κ2) is 5.64. The summed E-state index contributed by atoms with van der Waals surface area (Å²) in [4.78, 5) is 13.7. The number of carbonyl (C=O) groups is 1. The summed E-state index contributed by atoms with van der Waals surface area (Å²) < 4.78 is 0. The van der Waals surface area contributed by atoms with E-state index in [0.717, 1.165) is 37.4 Å². The average Bonchev–Trinajstić information content (AvgIpc) is 3.21. The molecule has 86 valence electrons. The van der Waals surface area contributed by atoms with E-state index in [2.05, 4.69) is 10.3 Å². The monoisotopic (exact) mass is 218 g/mol. The van der Waals surface area contributed by atoms with Crippen LogP contribution in [0.25, 0.3) is 0 Å². The van der Waals surface area contributed by atoms with E-state index in [9.17, 15) is 4.79 Å². The van der Waals surface area contributed by atoms with Crippen molar-refractivity contribution in [3.05, 3.63) is 24.4 Å². The lowest BCUT2D eigenvalue weighted by Crippen LogP contribution is -2.03. The molecule has 0 radical (unpaired) electrons. The van der Waals surface area contributed by atoms with Gasteiger partial charge in [-0.2, -0.15) is 0 Å². The summed E-state index contributed by atoms with van der Waals surface area (Å²) >= 11 is 0. The SMILES string of the molecule is O=CC1CC1.c1ccc(NCC2CC2)nc1. The minimum Gasteiger partial charge on any atom is -0.370 e. The zero-order valence-corrected chi connectivity index (χ0v) is 9.43. The number of carbonyl (C=O) groups excluding carboxylic acids is 1. The molecular formula is C13H18N2O. The summed E-state index contributed by atoms with van der Waals surface area (Å²) in [5.74, 6) is 2.37. The van der Waals surface area contributed by atoms with Crippen molar-refractivity contribution in [1.29, 1.82) is 0 Å². The van der Waals surface area contributed by atoms with Gasteiger partial charge in [0.05, 0.1) is 0 Å². The van der Waals surface area contributed by atoms with Gasteiger partial charge in [0, 0.05) is 18.7 Å². The molecule has 0 saturated heterocycles. The third-order valence-electron chi connectivity index (χ3n) is 2.75. The molecule has 0 bridgehead atoms. The van der Waals surface area contributed by atoms with Crippen LogP contribution < -0.4 is 5.32 Å². The van der Waals surface area contributed by atoms with Gasteiger partial charge < -0.3 is 10.1 Å². The van der Waals surface area contributed by atoms with Crippen LogP contribution in [-0.2, 0) is 4.79 Å². The fraction of sp³-hybridized carbons (Fsp3) is 0.538. The molecule has 3 rings (SSSR count). The summed E-state index contributed by atoms with van der Waals surface area (Å²) in [5.41, 5.74) is 0. The third kappa shape index (κ3) is 4.43. The van der Waals surface area contributed by atoms with Crippen LogP contribution in [-0.4, -0.2) is 17.8 Å². The molecule has 1 N–H and O–H groups in total. The topological polar surface area (TPSA) is 42.0 Å². The van der Waals surface area contributed by atoms with Crippen molar-refractivity contribution < 1.29 is 4.79 Å². The Morgan fingerprint density at radius 1 is 1.31 bits per heavy atom. The molecule has 3 nitrogen and oxygen atoms in total. The molecule has 0 aromatic carbocycles. The zero-order chi connectivity index (χ0) is 11.2. The molecule has 2 aliphatic rings. The van der Waals surface area contributed by atoms with E-state index in [4.69, 9.17) is 0 Å². The fourth-order valence-corrected chi connectivity index (χ4v) is 1.27. The van der Waals surface area contributed by atoms with Crippen LogP contribution in [0.3, 0.4) is 0 Å². The molecule has 3 heteroatoms. The Balaban J connectivity index is 0.000000162. The standard InChI is InChI=1S/C9H12N2.C4H6O/c1-2-6-10-9(3-1)11-7-8-4-5-8;5-3-4-1-2-4/h1-3,6,8H,4-5,7H2,(H,10,11);3-4H,1-2H2. The molecule has 0 amide bonds. The second-order valence-corrected chi connectivity index (χ2v) is 4.51. The quantitative estimate of drug-likeness (QED) is 0.789. The van der Waals surface area contributed by atoms with Gasteiger partial charge >= 0.3 is 0 Å². The molecule has 0 unspecified atom stereocenters. The van der Waals surface area contributed by atoms with Crippen LogP contribution in [0.5, 0.6) is 0 Å². The first-order chi connectivity index (χ1) is 7.88. The lowest BCUT2D eigenvalue weighted by atomic mass is 10.4. The molecular weight excluding hydrogens is 200 g/mol. The van der Waals surface area contributed by atoms with Crippen molar-refractivity contribution in [2.45, 2.75) is 25.7 Å². The van der Waals surface area contributed by atoms with Crippen LogP contribution in [0.1, 0.15) is 25.7 Å². The molecule has 1 heterocycles. The third-order valence-corrected chi connectivity index (χ3v) is 2.75. The number of hydrogen-bond acceptors (Lipinski definition) is 3. The van der Waals surface area contributed by atoms with E-state index in [1.165, 1.54) is 12.8 Å². The van der Waals surface area contributed by atoms with E-state index in [-0.39, 0.29) is 0 Å². The number of aromatic nitrogens is 1. The van der Waals surface area contributed by atoms with Crippen molar-refractivity contribution in [3.8, 4) is 0 Å². The first-order valence-corrected chi connectivity index (χ1v) is 5.98. The van der Waals surface area contributed by atoms with Crippen LogP contribution in [0.15, 0.2) is 24.4 Å². The molecule has 0 atom stereocenters. The van der Waals surface area contributed by atoms with E-state index < -0.39 is 0 Å². The highest BCUT2D eigenvalue weighted by Crippen LogP contribution is 2.28. The average molecular weight is 218 g/mol. The molecule has 0 aliphatic heterocycles. The Bertz CT molecular complexity index is 318. The van der Waals surface area contributed by atoms with E-state index in [1.807, 2.05) is 24.4 Å². The summed E-state index contributed by atoms with van der Waals surface area (Å²) in [6.07, 6.45) is 7.90. The molecule has 16 heavy (non-hydrogen) atoms. The lowest BCUT2D eigenvalue weighted by molar-refractivity contribution is -0.108. The van der Waals surface area contributed by atoms with Gasteiger partial charge in [0.25, 0.3) is 0 Å². The van der Waals surface area contributed by atoms with Gasteiger partial charge in [-0.3, -0.25) is 0 Å². The van der Waals surface area contributed by atoms with Gasteiger partial charge in [-0.1, -0.05) is 6.07 Å². The highest BCUT2D eigenvalue weighted by molar-refractivity contribution is 5.56. The van der Waals surface area contributed by atoms with Crippen molar-refractivity contribution in [1.82, 2.24) is 4.98 Å². The molecule has 2 aliphatic carbocycles. The van der Waals surface area contributed by atoms with Gasteiger partial charge in [-0.25, -0.2) is 4.98 Å². The Hall–Kier alpha value is -1.38.